The van der Waals surface area contributed by atoms with Gasteiger partial charge in [0.05, 0.1) is 0 Å². The van der Waals surface area contributed by atoms with Crippen LogP contribution in [0.25, 0.3) is 0 Å². The van der Waals surface area contributed by atoms with E-state index in [1.165, 1.54) is 0 Å². The summed E-state index contributed by atoms with van der Waals surface area (Å²) >= 11 is 0. The molecule has 0 unspecified atom stereocenters. The third kappa shape index (κ3) is 2.09. The third-order valence-electron chi connectivity index (χ3n) is 1.56. The van der Waals surface area contributed by atoms with Crippen LogP contribution in [0.2, 0.25) is 0 Å². The lowest BCUT2D eigenvalue weighted by molar-refractivity contribution is -0.291. The Bertz CT molecular complexity index is 373. The first kappa shape index (κ1) is 12.7. The van der Waals surface area contributed by atoms with Gasteiger partial charge in [-0.2, -0.15) is 40.2 Å². The average Bonchev–Trinajstić information content (AvgIpc) is 2.47. The van der Waals surface area contributed by atoms with Crippen LogP contribution >= 0.6 is 0 Å². The van der Waals surface area contributed by atoms with Crippen molar-refractivity contribution in [1.82, 2.24) is 10.2 Å². The van der Waals surface area contributed by atoms with Gasteiger partial charge in [0.15, 0.2) is 5.69 Å². The molecule has 16 heavy (non-hydrogen) atoms. The standard InChI is InChI=1S/C6H2F8N2/c7-4(8,6(12,13)14)2-1-3(16-15-2)5(9,10)11/h1H,(H,15,16). The predicted molar refractivity (Wildman–Crippen MR) is 33.5 cm³/mol. The number of halogens is 8. The van der Waals surface area contributed by atoms with E-state index in [1.807, 2.05) is 0 Å². The molecule has 0 radical (unpaired) electrons. The van der Waals surface area contributed by atoms with Gasteiger partial charge in [-0.1, -0.05) is 0 Å². The van der Waals surface area contributed by atoms with Crippen molar-refractivity contribution in [3.63, 3.8) is 0 Å². The second-order valence-electron chi connectivity index (χ2n) is 2.74. The minimum atomic E-state index is -5.98. The van der Waals surface area contributed by atoms with Crippen LogP contribution in [-0.2, 0) is 12.1 Å². The van der Waals surface area contributed by atoms with E-state index in [0.29, 0.717) is 0 Å². The molecule has 0 atom stereocenters. The number of nitrogens with zero attached hydrogens (tertiary/aromatic N) is 1. The second kappa shape index (κ2) is 3.32. The predicted octanol–water partition coefficient (Wildman–Crippen LogP) is 3.08. The smallest absolute Gasteiger partial charge is 0.275 e. The lowest BCUT2D eigenvalue weighted by Gasteiger charge is -2.17. The van der Waals surface area contributed by atoms with Crippen molar-refractivity contribution >= 4 is 0 Å². The molecule has 0 saturated carbocycles. The zero-order chi connectivity index (χ0) is 12.8. The van der Waals surface area contributed by atoms with Crippen molar-refractivity contribution in [3.05, 3.63) is 17.5 Å². The number of hydrogen-bond acceptors (Lipinski definition) is 1. The molecule has 1 heterocycles. The summed E-state index contributed by atoms with van der Waals surface area (Å²) in [7, 11) is 0. The van der Waals surface area contributed by atoms with E-state index in [9.17, 15) is 35.1 Å². The van der Waals surface area contributed by atoms with Crippen molar-refractivity contribution in [3.8, 4) is 0 Å². The first-order valence-corrected chi connectivity index (χ1v) is 3.54. The molecule has 0 aliphatic heterocycles. The molecular formula is C6H2F8N2. The Balaban J connectivity index is 3.13. The van der Waals surface area contributed by atoms with Crippen molar-refractivity contribution in [1.29, 1.82) is 0 Å². The maximum Gasteiger partial charge on any atom is 0.459 e. The lowest BCUT2D eigenvalue weighted by atomic mass is 10.2. The molecule has 1 aromatic rings. The molecule has 0 aliphatic rings. The molecule has 0 bridgehead atoms. The zero-order valence-corrected chi connectivity index (χ0v) is 7.05. The van der Waals surface area contributed by atoms with Gasteiger partial charge in [-0.25, -0.2) is 0 Å². The van der Waals surface area contributed by atoms with Crippen LogP contribution in [-0.4, -0.2) is 16.4 Å². The van der Waals surface area contributed by atoms with Gasteiger partial charge in [0.25, 0.3) is 0 Å². The molecule has 92 valence electrons. The molecule has 1 aromatic heterocycles. The van der Waals surface area contributed by atoms with E-state index in [2.05, 4.69) is 5.10 Å². The van der Waals surface area contributed by atoms with Gasteiger partial charge in [-0.3, -0.25) is 5.10 Å². The molecule has 0 aromatic carbocycles. The minimum absolute atomic E-state index is 0.381. The van der Waals surface area contributed by atoms with E-state index in [4.69, 9.17) is 0 Å². The fourth-order valence-corrected chi connectivity index (χ4v) is 0.780. The number of aromatic amines is 1. The molecule has 0 amide bonds. The van der Waals surface area contributed by atoms with Crippen LogP contribution in [0.3, 0.4) is 0 Å². The Hall–Kier alpha value is -1.35. The molecular weight excluding hydrogens is 252 g/mol. The largest absolute Gasteiger partial charge is 0.459 e. The number of nitrogens with one attached hydrogen (secondary N) is 1. The zero-order valence-electron chi connectivity index (χ0n) is 7.05. The Morgan fingerprint density at radius 3 is 1.75 bits per heavy atom. The summed E-state index contributed by atoms with van der Waals surface area (Å²) in [5.74, 6) is -5.40. The van der Waals surface area contributed by atoms with Crippen LogP contribution in [0.15, 0.2) is 6.07 Å². The molecule has 0 aliphatic carbocycles. The van der Waals surface area contributed by atoms with E-state index in [-0.39, 0.29) is 6.07 Å². The second-order valence-corrected chi connectivity index (χ2v) is 2.74. The molecule has 0 fully saturated rings. The van der Waals surface area contributed by atoms with Gasteiger partial charge in [0.1, 0.15) is 5.69 Å². The summed E-state index contributed by atoms with van der Waals surface area (Å²) in [6.07, 6.45) is -11.1. The highest BCUT2D eigenvalue weighted by Gasteiger charge is 2.60. The van der Waals surface area contributed by atoms with Crippen LogP contribution in [0.4, 0.5) is 35.1 Å². The van der Waals surface area contributed by atoms with E-state index in [0.717, 1.165) is 5.10 Å². The Labute approximate surface area is 82.2 Å². The van der Waals surface area contributed by atoms with Gasteiger partial charge >= 0.3 is 18.3 Å². The van der Waals surface area contributed by atoms with Crippen molar-refractivity contribution < 1.29 is 35.1 Å². The maximum atomic E-state index is 12.5. The summed E-state index contributed by atoms with van der Waals surface area (Å²) in [5.41, 5.74) is -3.79. The van der Waals surface area contributed by atoms with Gasteiger partial charge in [0.2, 0.25) is 0 Å². The number of H-pyrrole nitrogens is 1. The van der Waals surface area contributed by atoms with Crippen LogP contribution in [0.5, 0.6) is 0 Å². The topological polar surface area (TPSA) is 28.7 Å². The van der Waals surface area contributed by atoms with Gasteiger partial charge in [0, 0.05) is 0 Å². The summed E-state index contributed by atoms with van der Waals surface area (Å²) in [5, 5.41) is 3.36. The lowest BCUT2D eigenvalue weighted by Crippen LogP contribution is -2.34. The van der Waals surface area contributed by atoms with E-state index >= 15 is 0 Å². The fourth-order valence-electron chi connectivity index (χ4n) is 0.780. The van der Waals surface area contributed by atoms with Crippen LogP contribution in [0.1, 0.15) is 11.4 Å². The highest BCUT2D eigenvalue weighted by Crippen LogP contribution is 2.44. The average molecular weight is 254 g/mol. The van der Waals surface area contributed by atoms with Gasteiger partial charge in [-0.15, -0.1) is 0 Å². The first-order chi connectivity index (χ1) is 6.96. The molecule has 1 N–H and O–H groups in total. The van der Waals surface area contributed by atoms with Crippen LogP contribution < -0.4 is 0 Å². The SMILES string of the molecule is FC(F)(F)c1cc(C(F)(F)C(F)(F)F)[nH]n1. The first-order valence-electron chi connectivity index (χ1n) is 3.54. The Morgan fingerprint density at radius 2 is 1.44 bits per heavy atom. The molecule has 10 heteroatoms. The fraction of sp³-hybridized carbons (Fsp3) is 0.500. The van der Waals surface area contributed by atoms with E-state index in [1.54, 1.807) is 0 Å². The molecule has 2 nitrogen and oxygen atoms in total. The van der Waals surface area contributed by atoms with Crippen molar-refractivity contribution in [2.75, 3.05) is 0 Å². The number of alkyl halides is 8. The molecule has 1 rings (SSSR count). The number of aromatic nitrogens is 2. The summed E-state index contributed by atoms with van der Waals surface area (Å²) in [6, 6.07) is -0.381. The molecule has 0 saturated heterocycles. The number of rotatable bonds is 1. The van der Waals surface area contributed by atoms with Crippen molar-refractivity contribution in [2.45, 2.75) is 18.3 Å². The molecule has 0 spiro atoms. The highest BCUT2D eigenvalue weighted by molar-refractivity contribution is 5.17. The quantitative estimate of drug-likeness (QED) is 0.766. The monoisotopic (exact) mass is 254 g/mol. The van der Waals surface area contributed by atoms with Gasteiger partial charge < -0.3 is 0 Å². The normalized spacial score (nSPS) is 14.2. The number of hydrogen-bond donors (Lipinski definition) is 1. The van der Waals surface area contributed by atoms with Crippen molar-refractivity contribution in [2.24, 2.45) is 0 Å². The van der Waals surface area contributed by atoms with Crippen LogP contribution in [0, 0.1) is 0 Å². The summed E-state index contributed by atoms with van der Waals surface area (Å²) in [4.78, 5) is 0. The summed E-state index contributed by atoms with van der Waals surface area (Å²) < 4.78 is 95.9. The minimum Gasteiger partial charge on any atom is -0.275 e. The summed E-state index contributed by atoms with van der Waals surface area (Å²) in [6.45, 7) is 0. The highest BCUT2D eigenvalue weighted by atomic mass is 19.4. The third-order valence-corrected chi connectivity index (χ3v) is 1.56. The Morgan fingerprint density at radius 1 is 0.938 bits per heavy atom. The Kier molecular flexibility index (Phi) is 2.64. The maximum absolute atomic E-state index is 12.5. The van der Waals surface area contributed by atoms with E-state index < -0.39 is 29.7 Å². The van der Waals surface area contributed by atoms with Gasteiger partial charge in [-0.05, 0) is 6.07 Å².